The van der Waals surface area contributed by atoms with Gasteiger partial charge in [-0.05, 0) is 25.0 Å². The molecule has 0 saturated carbocycles. The van der Waals surface area contributed by atoms with Gasteiger partial charge in [0.2, 0.25) is 0 Å². The van der Waals surface area contributed by atoms with E-state index in [9.17, 15) is 14.9 Å². The zero-order chi connectivity index (χ0) is 16.0. The summed E-state index contributed by atoms with van der Waals surface area (Å²) in [5, 5.41) is 14.0. The minimum Gasteiger partial charge on any atom is -0.349 e. The number of carbonyl (C=O) groups excluding carboxylic acids is 1. The van der Waals surface area contributed by atoms with Crippen molar-refractivity contribution in [2.45, 2.75) is 39.7 Å². The van der Waals surface area contributed by atoms with E-state index in [1.165, 1.54) is 12.1 Å². The molecule has 0 aliphatic heterocycles. The van der Waals surface area contributed by atoms with Crippen molar-refractivity contribution in [3.8, 4) is 0 Å². The average molecular weight is 294 g/mol. The van der Waals surface area contributed by atoms with Crippen LogP contribution in [0.4, 0.5) is 11.4 Å². The van der Waals surface area contributed by atoms with Crippen LogP contribution in [0.5, 0.6) is 0 Å². The van der Waals surface area contributed by atoms with Crippen LogP contribution in [0, 0.1) is 16.0 Å². The highest BCUT2D eigenvalue weighted by Gasteiger charge is 2.26. The van der Waals surface area contributed by atoms with Crippen LogP contribution < -0.4 is 16.6 Å². The second-order valence-corrected chi connectivity index (χ2v) is 4.94. The number of carbonyl (C=O) groups is 1. The maximum atomic E-state index is 12.3. The molecule has 4 N–H and O–H groups in total. The zero-order valence-corrected chi connectivity index (χ0v) is 12.6. The molecular weight excluding hydrogens is 272 g/mol. The van der Waals surface area contributed by atoms with E-state index in [1.54, 1.807) is 6.07 Å². The van der Waals surface area contributed by atoms with Crippen LogP contribution in [0.15, 0.2) is 18.2 Å². The summed E-state index contributed by atoms with van der Waals surface area (Å²) in [4.78, 5) is 22.9. The van der Waals surface area contributed by atoms with Gasteiger partial charge in [0.1, 0.15) is 11.3 Å². The van der Waals surface area contributed by atoms with Gasteiger partial charge in [0.15, 0.2) is 0 Å². The molecule has 1 aromatic rings. The summed E-state index contributed by atoms with van der Waals surface area (Å²) in [5.74, 6) is 5.14. The summed E-state index contributed by atoms with van der Waals surface area (Å²) in [6.07, 6.45) is 1.87. The van der Waals surface area contributed by atoms with Crippen LogP contribution in [0.1, 0.15) is 44.0 Å². The van der Waals surface area contributed by atoms with Crippen LogP contribution in [-0.2, 0) is 0 Å². The second kappa shape index (κ2) is 7.58. The summed E-state index contributed by atoms with van der Waals surface area (Å²) in [5.41, 5.74) is 2.06. The average Bonchev–Trinajstić information content (AvgIpc) is 2.47. The van der Waals surface area contributed by atoms with Gasteiger partial charge in [0.25, 0.3) is 5.91 Å². The molecule has 21 heavy (non-hydrogen) atoms. The Hall–Kier alpha value is -2.15. The lowest BCUT2D eigenvalue weighted by molar-refractivity contribution is -0.384. The molecular formula is C14H22N4O3. The first kappa shape index (κ1) is 16.9. The normalized spacial score (nSPS) is 12.0. The molecule has 0 fully saturated rings. The topological polar surface area (TPSA) is 110 Å². The highest BCUT2D eigenvalue weighted by molar-refractivity contribution is 6.00. The van der Waals surface area contributed by atoms with E-state index in [2.05, 4.69) is 24.6 Å². The maximum Gasteiger partial charge on any atom is 0.306 e. The zero-order valence-electron chi connectivity index (χ0n) is 12.6. The number of hydrazine groups is 1. The Balaban J connectivity index is 3.05. The van der Waals surface area contributed by atoms with Gasteiger partial charge in [-0.1, -0.05) is 32.8 Å². The number of hydrogen-bond acceptors (Lipinski definition) is 5. The third kappa shape index (κ3) is 3.91. The number of amides is 1. The predicted molar refractivity (Wildman–Crippen MR) is 81.9 cm³/mol. The number of hydrogen-bond donors (Lipinski definition) is 3. The van der Waals surface area contributed by atoms with Crippen LogP contribution in [0.25, 0.3) is 0 Å². The number of nitro groups is 1. The molecule has 1 unspecified atom stereocenters. The van der Waals surface area contributed by atoms with Gasteiger partial charge < -0.3 is 10.7 Å². The largest absolute Gasteiger partial charge is 0.349 e. The van der Waals surface area contributed by atoms with Crippen molar-refractivity contribution in [2.75, 3.05) is 5.43 Å². The van der Waals surface area contributed by atoms with Crippen LogP contribution in [-0.4, -0.2) is 16.9 Å². The fourth-order valence-corrected chi connectivity index (χ4v) is 2.44. The monoisotopic (exact) mass is 294 g/mol. The van der Waals surface area contributed by atoms with Crippen molar-refractivity contribution >= 4 is 17.3 Å². The summed E-state index contributed by atoms with van der Waals surface area (Å²) >= 11 is 0. The summed E-state index contributed by atoms with van der Waals surface area (Å²) in [7, 11) is 0. The van der Waals surface area contributed by atoms with E-state index < -0.39 is 10.8 Å². The summed E-state index contributed by atoms with van der Waals surface area (Å²) in [6, 6.07) is 4.38. The van der Waals surface area contributed by atoms with E-state index >= 15 is 0 Å². The van der Waals surface area contributed by atoms with Crippen LogP contribution >= 0.6 is 0 Å². The Kier molecular flexibility index (Phi) is 6.10. The number of nitrogen functional groups attached to an aromatic ring is 1. The van der Waals surface area contributed by atoms with Crippen molar-refractivity contribution in [1.82, 2.24) is 5.32 Å². The standard InChI is InChI=1S/C14H22N4O3/c1-4-10(5-2)9(3)16-14(19)11-7-6-8-12(17-15)13(11)18(20)21/h6-10,17H,4-5,15H2,1-3H3,(H,16,19). The number of anilines is 1. The molecule has 0 saturated heterocycles. The van der Waals surface area contributed by atoms with Gasteiger partial charge in [0.05, 0.1) is 4.92 Å². The third-order valence-electron chi connectivity index (χ3n) is 3.73. The lowest BCUT2D eigenvalue weighted by Crippen LogP contribution is -2.38. The van der Waals surface area contributed by atoms with E-state index in [1.807, 2.05) is 6.92 Å². The number of nitrogens with one attached hydrogen (secondary N) is 2. The lowest BCUT2D eigenvalue weighted by Gasteiger charge is -2.22. The summed E-state index contributed by atoms with van der Waals surface area (Å²) in [6.45, 7) is 6.02. The van der Waals surface area contributed by atoms with Gasteiger partial charge in [0, 0.05) is 6.04 Å². The number of rotatable bonds is 7. The first-order valence-corrected chi connectivity index (χ1v) is 7.01. The Bertz CT molecular complexity index is 515. The molecule has 0 radical (unpaired) electrons. The molecule has 116 valence electrons. The minimum atomic E-state index is -0.605. The van der Waals surface area contributed by atoms with Crippen molar-refractivity contribution in [2.24, 2.45) is 11.8 Å². The molecule has 0 bridgehead atoms. The molecule has 0 aliphatic carbocycles. The van der Waals surface area contributed by atoms with E-state index in [0.29, 0.717) is 5.92 Å². The highest BCUT2D eigenvalue weighted by atomic mass is 16.6. The molecule has 1 amide bonds. The van der Waals surface area contributed by atoms with Crippen LogP contribution in [0.2, 0.25) is 0 Å². The van der Waals surface area contributed by atoms with Crippen molar-refractivity contribution in [3.05, 3.63) is 33.9 Å². The van der Waals surface area contributed by atoms with E-state index in [-0.39, 0.29) is 23.0 Å². The Morgan fingerprint density at radius 1 is 1.38 bits per heavy atom. The van der Waals surface area contributed by atoms with Crippen molar-refractivity contribution < 1.29 is 9.72 Å². The fraction of sp³-hybridized carbons (Fsp3) is 0.500. The quantitative estimate of drug-likeness (QED) is 0.406. The van der Waals surface area contributed by atoms with Gasteiger partial charge in [-0.3, -0.25) is 20.8 Å². The fourth-order valence-electron chi connectivity index (χ4n) is 2.44. The molecule has 7 heteroatoms. The first-order valence-electron chi connectivity index (χ1n) is 7.01. The molecule has 0 heterocycles. The van der Waals surface area contributed by atoms with E-state index in [4.69, 9.17) is 5.84 Å². The van der Waals surface area contributed by atoms with E-state index in [0.717, 1.165) is 12.8 Å². The predicted octanol–water partition coefficient (Wildman–Crippen LogP) is 2.43. The number of nitrogens with zero attached hydrogens (tertiary/aromatic N) is 1. The first-order chi connectivity index (χ1) is 9.96. The second-order valence-electron chi connectivity index (χ2n) is 4.94. The molecule has 0 aliphatic rings. The Labute approximate surface area is 124 Å². The number of nitro benzene ring substituents is 1. The molecule has 0 aromatic heterocycles. The van der Waals surface area contributed by atoms with Gasteiger partial charge in [-0.15, -0.1) is 0 Å². The molecule has 1 atom stereocenters. The number of nitrogens with two attached hydrogens (primary N) is 1. The number of para-hydroxylation sites is 1. The molecule has 1 aromatic carbocycles. The highest BCUT2D eigenvalue weighted by Crippen LogP contribution is 2.28. The van der Waals surface area contributed by atoms with Crippen molar-refractivity contribution in [1.29, 1.82) is 0 Å². The maximum absolute atomic E-state index is 12.3. The van der Waals surface area contributed by atoms with Crippen LogP contribution in [0.3, 0.4) is 0 Å². The van der Waals surface area contributed by atoms with Gasteiger partial charge >= 0.3 is 5.69 Å². The number of benzene rings is 1. The lowest BCUT2D eigenvalue weighted by atomic mass is 9.95. The third-order valence-corrected chi connectivity index (χ3v) is 3.73. The Morgan fingerprint density at radius 2 is 2.00 bits per heavy atom. The Morgan fingerprint density at radius 3 is 2.48 bits per heavy atom. The smallest absolute Gasteiger partial charge is 0.306 e. The summed E-state index contributed by atoms with van der Waals surface area (Å²) < 4.78 is 0. The molecule has 1 rings (SSSR count). The van der Waals surface area contributed by atoms with Gasteiger partial charge in [-0.2, -0.15) is 0 Å². The SMILES string of the molecule is CCC(CC)C(C)NC(=O)c1cccc(NN)c1[N+](=O)[O-]. The molecule has 0 spiro atoms. The molecule has 7 nitrogen and oxygen atoms in total. The van der Waals surface area contributed by atoms with Crippen molar-refractivity contribution in [3.63, 3.8) is 0 Å². The minimum absolute atomic E-state index is 0.00764. The van der Waals surface area contributed by atoms with Gasteiger partial charge in [-0.25, -0.2) is 0 Å².